The first-order valence-electron chi connectivity index (χ1n) is 4.92. The van der Waals surface area contributed by atoms with Gasteiger partial charge in [0.2, 0.25) is 5.88 Å². The van der Waals surface area contributed by atoms with Crippen molar-refractivity contribution >= 4 is 11.0 Å². The van der Waals surface area contributed by atoms with Crippen LogP contribution in [0.5, 0.6) is 5.88 Å². The number of methoxy groups -OCH3 is 1. The van der Waals surface area contributed by atoms with E-state index in [1.807, 2.05) is 18.2 Å². The van der Waals surface area contributed by atoms with E-state index in [-0.39, 0.29) is 6.61 Å². The zero-order valence-electron chi connectivity index (χ0n) is 8.92. The number of hydrogen-bond acceptors (Lipinski definition) is 5. The van der Waals surface area contributed by atoms with E-state index in [1.54, 1.807) is 6.20 Å². The number of ether oxygens (including phenoxy) is 1. The molecule has 0 aliphatic rings. The molecule has 0 saturated heterocycles. The summed E-state index contributed by atoms with van der Waals surface area (Å²) in [5.74, 6) is 0.435. The summed E-state index contributed by atoms with van der Waals surface area (Å²) in [5, 5.41) is 9.07. The van der Waals surface area contributed by atoms with Gasteiger partial charge in [0.15, 0.2) is 0 Å². The maximum atomic E-state index is 9.07. The number of para-hydroxylation sites is 1. The van der Waals surface area contributed by atoms with Gasteiger partial charge in [-0.25, -0.2) is 9.97 Å². The van der Waals surface area contributed by atoms with E-state index >= 15 is 0 Å². The van der Waals surface area contributed by atoms with Gasteiger partial charge < -0.3 is 15.6 Å². The topological polar surface area (TPSA) is 81.3 Å². The van der Waals surface area contributed by atoms with E-state index in [9.17, 15) is 0 Å². The molecule has 0 aliphatic heterocycles. The molecule has 0 unspecified atom stereocenters. The Hall–Kier alpha value is -1.72. The molecule has 1 heterocycles. The normalized spacial score (nSPS) is 12.7. The van der Waals surface area contributed by atoms with Gasteiger partial charge in [0.25, 0.3) is 0 Å². The van der Waals surface area contributed by atoms with Crippen LogP contribution in [0.4, 0.5) is 0 Å². The Labute approximate surface area is 92.9 Å². The molecule has 0 fully saturated rings. The minimum absolute atomic E-state index is 0.127. The predicted octanol–water partition coefficient (Wildman–Crippen LogP) is 0.631. The number of aliphatic hydroxyl groups excluding tert-OH is 1. The van der Waals surface area contributed by atoms with Crippen LogP contribution >= 0.6 is 0 Å². The molecule has 5 heteroatoms. The number of aliphatic hydroxyl groups is 1. The second-order valence-corrected chi connectivity index (χ2v) is 3.42. The first-order chi connectivity index (χ1) is 7.76. The average Bonchev–Trinajstić information content (AvgIpc) is 2.36. The zero-order chi connectivity index (χ0) is 11.5. The lowest BCUT2D eigenvalue weighted by atomic mass is 10.1. The van der Waals surface area contributed by atoms with Gasteiger partial charge in [-0.15, -0.1) is 0 Å². The molecule has 16 heavy (non-hydrogen) atoms. The molecular formula is C11H13N3O2. The summed E-state index contributed by atoms with van der Waals surface area (Å²) < 4.78 is 5.01. The maximum Gasteiger partial charge on any atom is 0.232 e. The maximum absolute atomic E-state index is 9.07. The van der Waals surface area contributed by atoms with Crippen molar-refractivity contribution in [2.75, 3.05) is 13.7 Å². The van der Waals surface area contributed by atoms with Crippen molar-refractivity contribution in [3.63, 3.8) is 0 Å². The molecule has 84 valence electrons. The van der Waals surface area contributed by atoms with E-state index < -0.39 is 6.04 Å². The highest BCUT2D eigenvalue weighted by molar-refractivity contribution is 5.78. The van der Waals surface area contributed by atoms with Crippen molar-refractivity contribution in [1.82, 2.24) is 9.97 Å². The lowest BCUT2D eigenvalue weighted by Gasteiger charge is -2.11. The largest absolute Gasteiger partial charge is 0.480 e. The van der Waals surface area contributed by atoms with Crippen LogP contribution in [0.1, 0.15) is 11.6 Å². The Morgan fingerprint density at radius 3 is 3.00 bits per heavy atom. The Morgan fingerprint density at radius 2 is 2.31 bits per heavy atom. The summed E-state index contributed by atoms with van der Waals surface area (Å²) in [5.41, 5.74) is 7.97. The monoisotopic (exact) mass is 219 g/mol. The van der Waals surface area contributed by atoms with Crippen molar-refractivity contribution in [3.8, 4) is 5.88 Å². The number of benzene rings is 1. The molecule has 0 spiro atoms. The fraction of sp³-hybridized carbons (Fsp3) is 0.273. The molecule has 1 aromatic heterocycles. The van der Waals surface area contributed by atoms with Crippen LogP contribution in [-0.4, -0.2) is 28.8 Å². The van der Waals surface area contributed by atoms with Crippen LogP contribution in [0.2, 0.25) is 0 Å². The third kappa shape index (κ3) is 1.82. The van der Waals surface area contributed by atoms with Gasteiger partial charge in [0.1, 0.15) is 0 Å². The molecule has 0 aliphatic carbocycles. The van der Waals surface area contributed by atoms with Crippen LogP contribution < -0.4 is 10.5 Å². The highest BCUT2D eigenvalue weighted by Gasteiger charge is 2.11. The molecule has 1 atom stereocenters. The number of rotatable bonds is 3. The lowest BCUT2D eigenvalue weighted by molar-refractivity contribution is 0.268. The van der Waals surface area contributed by atoms with Gasteiger partial charge in [-0.2, -0.15) is 0 Å². The van der Waals surface area contributed by atoms with Gasteiger partial charge in [-0.05, 0) is 11.6 Å². The molecule has 2 aromatic rings. The van der Waals surface area contributed by atoms with Gasteiger partial charge in [0, 0.05) is 0 Å². The fourth-order valence-corrected chi connectivity index (χ4v) is 1.53. The number of fused-ring (bicyclic) bond motifs is 1. The summed E-state index contributed by atoms with van der Waals surface area (Å²) in [7, 11) is 1.53. The van der Waals surface area contributed by atoms with Crippen molar-refractivity contribution in [1.29, 1.82) is 0 Å². The first-order valence-corrected chi connectivity index (χ1v) is 4.92. The van der Waals surface area contributed by atoms with Crippen LogP contribution in [0.3, 0.4) is 0 Å². The third-order valence-corrected chi connectivity index (χ3v) is 2.39. The van der Waals surface area contributed by atoms with E-state index in [4.69, 9.17) is 15.6 Å². The smallest absolute Gasteiger partial charge is 0.232 e. The molecular weight excluding hydrogens is 206 g/mol. The Balaban J connectivity index is 2.64. The first kappa shape index (κ1) is 10.8. The summed E-state index contributed by atoms with van der Waals surface area (Å²) in [4.78, 5) is 8.49. The molecule has 0 amide bonds. The molecule has 1 aromatic carbocycles. The second-order valence-electron chi connectivity index (χ2n) is 3.42. The van der Waals surface area contributed by atoms with Gasteiger partial charge in [0.05, 0.1) is 37.0 Å². The molecule has 0 radical (unpaired) electrons. The van der Waals surface area contributed by atoms with Crippen LogP contribution in [0.25, 0.3) is 11.0 Å². The van der Waals surface area contributed by atoms with E-state index in [0.717, 1.165) is 11.1 Å². The minimum atomic E-state index is -0.454. The summed E-state index contributed by atoms with van der Waals surface area (Å²) in [6.45, 7) is -0.127. The van der Waals surface area contributed by atoms with E-state index in [1.165, 1.54) is 7.11 Å². The van der Waals surface area contributed by atoms with Gasteiger partial charge in [-0.3, -0.25) is 0 Å². The summed E-state index contributed by atoms with van der Waals surface area (Å²) >= 11 is 0. The second kappa shape index (κ2) is 4.42. The minimum Gasteiger partial charge on any atom is -0.480 e. The summed E-state index contributed by atoms with van der Waals surface area (Å²) in [6.07, 6.45) is 1.55. The summed E-state index contributed by atoms with van der Waals surface area (Å²) in [6, 6.07) is 5.06. The molecule has 0 saturated carbocycles. The predicted molar refractivity (Wildman–Crippen MR) is 60.1 cm³/mol. The van der Waals surface area contributed by atoms with Crippen molar-refractivity contribution < 1.29 is 9.84 Å². The highest BCUT2D eigenvalue weighted by Crippen LogP contribution is 2.21. The molecule has 3 N–H and O–H groups in total. The van der Waals surface area contributed by atoms with Crippen LogP contribution in [0.15, 0.2) is 24.4 Å². The van der Waals surface area contributed by atoms with Gasteiger partial charge >= 0.3 is 0 Å². The van der Waals surface area contributed by atoms with Crippen LogP contribution in [-0.2, 0) is 0 Å². The lowest BCUT2D eigenvalue weighted by Crippen LogP contribution is -2.15. The Morgan fingerprint density at radius 1 is 1.50 bits per heavy atom. The molecule has 5 nitrogen and oxygen atoms in total. The van der Waals surface area contributed by atoms with Crippen molar-refractivity contribution in [2.45, 2.75) is 6.04 Å². The van der Waals surface area contributed by atoms with E-state index in [2.05, 4.69) is 9.97 Å². The quantitative estimate of drug-likeness (QED) is 0.791. The molecule has 2 rings (SSSR count). The van der Waals surface area contributed by atoms with Gasteiger partial charge in [-0.1, -0.05) is 12.1 Å². The number of nitrogens with zero attached hydrogens (tertiary/aromatic N) is 2. The van der Waals surface area contributed by atoms with Crippen molar-refractivity contribution in [3.05, 3.63) is 30.0 Å². The number of hydrogen-bond donors (Lipinski definition) is 2. The number of aromatic nitrogens is 2. The molecule has 0 bridgehead atoms. The standard InChI is InChI=1S/C11H13N3O2/c1-16-10-5-13-9-4-2-3-7(8(12)6-15)11(9)14-10/h2-5,8,15H,6,12H2,1H3/t8-/m1/s1. The zero-order valence-corrected chi connectivity index (χ0v) is 8.92. The average molecular weight is 219 g/mol. The van der Waals surface area contributed by atoms with Crippen molar-refractivity contribution in [2.24, 2.45) is 5.73 Å². The van der Waals surface area contributed by atoms with E-state index in [0.29, 0.717) is 11.4 Å². The van der Waals surface area contributed by atoms with Crippen LogP contribution in [0, 0.1) is 0 Å². The third-order valence-electron chi connectivity index (χ3n) is 2.39. The Kier molecular flexibility index (Phi) is 2.98. The Bertz CT molecular complexity index is 502. The SMILES string of the molecule is COc1cnc2cccc([C@H](N)CO)c2n1. The highest BCUT2D eigenvalue weighted by atomic mass is 16.5. The number of nitrogens with two attached hydrogens (primary N) is 1. The fourth-order valence-electron chi connectivity index (χ4n) is 1.53.